The van der Waals surface area contributed by atoms with Gasteiger partial charge in [-0.15, -0.1) is 0 Å². The molecular weight excluding hydrogens is 404 g/mol. The van der Waals surface area contributed by atoms with Crippen molar-refractivity contribution in [3.8, 4) is 5.75 Å². The number of hydrogen-bond acceptors (Lipinski definition) is 4. The van der Waals surface area contributed by atoms with Gasteiger partial charge in [0.15, 0.2) is 5.76 Å². The number of hydrogen-bond donors (Lipinski definition) is 2. The Kier molecular flexibility index (Phi) is 5.94. The van der Waals surface area contributed by atoms with Gasteiger partial charge in [-0.05, 0) is 74.9 Å². The normalized spacial score (nSPS) is 10.9. The van der Waals surface area contributed by atoms with Crippen LogP contribution >= 0.6 is 0 Å². The quantitative estimate of drug-likeness (QED) is 0.393. The number of fused-ring (bicyclic) bond motifs is 1. The Morgan fingerprint density at radius 1 is 0.875 bits per heavy atom. The molecule has 0 aliphatic heterocycles. The van der Waals surface area contributed by atoms with Gasteiger partial charge in [0.1, 0.15) is 11.3 Å². The minimum atomic E-state index is -0.331. The second-order valence-corrected chi connectivity index (χ2v) is 7.78. The van der Waals surface area contributed by atoms with Crippen molar-refractivity contribution in [2.24, 2.45) is 0 Å². The van der Waals surface area contributed by atoms with Crippen molar-refractivity contribution in [1.29, 1.82) is 0 Å². The number of nitrogens with one attached hydrogen (secondary N) is 2. The zero-order valence-corrected chi connectivity index (χ0v) is 18.1. The Bertz CT molecular complexity index is 1260. The maximum Gasteiger partial charge on any atom is 0.291 e. The Morgan fingerprint density at radius 3 is 2.44 bits per heavy atom. The lowest BCUT2D eigenvalue weighted by Crippen LogP contribution is -2.14. The molecule has 6 nitrogen and oxygen atoms in total. The van der Waals surface area contributed by atoms with Crippen LogP contribution in [0.25, 0.3) is 11.0 Å². The lowest BCUT2D eigenvalue weighted by atomic mass is 10.1. The molecule has 4 aromatic rings. The summed E-state index contributed by atoms with van der Waals surface area (Å²) in [4.78, 5) is 25.3. The van der Waals surface area contributed by atoms with E-state index in [4.69, 9.17) is 9.15 Å². The Labute approximate surface area is 186 Å². The Balaban J connectivity index is 1.45. The molecule has 0 fully saturated rings. The summed E-state index contributed by atoms with van der Waals surface area (Å²) < 4.78 is 11.3. The molecule has 1 heterocycles. The third-order valence-electron chi connectivity index (χ3n) is 4.85. The van der Waals surface area contributed by atoms with E-state index in [-0.39, 0.29) is 23.7 Å². The molecule has 0 spiro atoms. The van der Waals surface area contributed by atoms with Crippen molar-refractivity contribution < 1.29 is 18.7 Å². The van der Waals surface area contributed by atoms with Gasteiger partial charge in [-0.3, -0.25) is 9.59 Å². The molecule has 6 heteroatoms. The van der Waals surface area contributed by atoms with Gasteiger partial charge in [0.25, 0.3) is 11.8 Å². The molecule has 4 rings (SSSR count). The molecule has 1 aromatic heterocycles. The number of rotatable bonds is 6. The third kappa shape index (κ3) is 4.81. The molecule has 0 aliphatic carbocycles. The van der Waals surface area contributed by atoms with Gasteiger partial charge in [-0.1, -0.05) is 24.3 Å². The zero-order chi connectivity index (χ0) is 22.7. The van der Waals surface area contributed by atoms with Crippen molar-refractivity contribution in [3.63, 3.8) is 0 Å². The topological polar surface area (TPSA) is 80.6 Å². The van der Waals surface area contributed by atoms with Gasteiger partial charge < -0.3 is 19.8 Å². The Hall–Kier alpha value is -4.06. The first-order valence-electron chi connectivity index (χ1n) is 10.4. The molecule has 0 radical (unpaired) electrons. The lowest BCUT2D eigenvalue weighted by molar-refractivity contribution is 0.0996. The van der Waals surface area contributed by atoms with E-state index in [9.17, 15) is 9.59 Å². The highest BCUT2D eigenvalue weighted by molar-refractivity contribution is 6.06. The van der Waals surface area contributed by atoms with Crippen molar-refractivity contribution in [3.05, 3.63) is 89.7 Å². The SMILES string of the molecule is Cc1cc(NC(=O)c2cccc(OC(C)C)c2)ccc1NC(=O)c1cc2ccccc2o1. The highest BCUT2D eigenvalue weighted by atomic mass is 16.5. The number of ether oxygens (including phenoxy) is 1. The molecule has 0 aliphatic rings. The zero-order valence-electron chi connectivity index (χ0n) is 18.1. The van der Waals surface area contributed by atoms with Crippen LogP contribution in [0.15, 0.2) is 77.2 Å². The number of anilines is 2. The number of furan rings is 1. The number of aryl methyl sites for hydroxylation is 1. The second-order valence-electron chi connectivity index (χ2n) is 7.78. The number of carbonyl (C=O) groups is 2. The van der Waals surface area contributed by atoms with Crippen LogP contribution < -0.4 is 15.4 Å². The van der Waals surface area contributed by atoms with Gasteiger partial charge in [-0.2, -0.15) is 0 Å². The molecule has 2 amide bonds. The summed E-state index contributed by atoms with van der Waals surface area (Å²) in [5, 5.41) is 6.62. The number of para-hydroxylation sites is 1. The van der Waals surface area contributed by atoms with E-state index in [1.54, 1.807) is 42.5 Å². The first-order chi connectivity index (χ1) is 15.4. The molecule has 0 unspecified atom stereocenters. The van der Waals surface area contributed by atoms with Crippen LogP contribution in [-0.4, -0.2) is 17.9 Å². The standard InChI is InChI=1S/C26H24N2O4/c1-16(2)31-21-9-6-8-19(14-21)25(29)27-20-11-12-22(17(3)13-20)28-26(30)24-15-18-7-4-5-10-23(18)32-24/h4-16H,1-3H3,(H,27,29)(H,28,30). The fraction of sp³-hybridized carbons (Fsp3) is 0.154. The first-order valence-corrected chi connectivity index (χ1v) is 10.4. The van der Waals surface area contributed by atoms with Crippen LogP contribution in [0.4, 0.5) is 11.4 Å². The molecule has 0 saturated heterocycles. The van der Waals surface area contributed by atoms with E-state index in [0.717, 1.165) is 10.9 Å². The van der Waals surface area contributed by atoms with E-state index in [2.05, 4.69) is 10.6 Å². The second kappa shape index (κ2) is 8.98. The maximum atomic E-state index is 12.6. The number of carbonyl (C=O) groups excluding carboxylic acids is 2. The summed E-state index contributed by atoms with van der Waals surface area (Å²) >= 11 is 0. The van der Waals surface area contributed by atoms with E-state index in [1.807, 2.05) is 51.1 Å². The summed E-state index contributed by atoms with van der Waals surface area (Å²) in [5.74, 6) is 0.319. The molecule has 2 N–H and O–H groups in total. The van der Waals surface area contributed by atoms with Gasteiger partial charge in [0.2, 0.25) is 0 Å². The van der Waals surface area contributed by atoms with Crippen molar-refractivity contribution in [2.45, 2.75) is 26.9 Å². The monoisotopic (exact) mass is 428 g/mol. The molecule has 32 heavy (non-hydrogen) atoms. The van der Waals surface area contributed by atoms with Crippen LogP contribution in [0, 0.1) is 6.92 Å². The molecule has 0 bridgehead atoms. The molecule has 3 aromatic carbocycles. The average molecular weight is 428 g/mol. The van der Waals surface area contributed by atoms with Crippen LogP contribution in [0.3, 0.4) is 0 Å². The van der Waals surface area contributed by atoms with Crippen LogP contribution in [0.1, 0.15) is 40.3 Å². The molecule has 162 valence electrons. The van der Waals surface area contributed by atoms with Crippen molar-refractivity contribution >= 4 is 34.2 Å². The molecule has 0 saturated carbocycles. The predicted molar refractivity (Wildman–Crippen MR) is 126 cm³/mol. The van der Waals surface area contributed by atoms with E-state index >= 15 is 0 Å². The summed E-state index contributed by atoms with van der Waals surface area (Å²) in [6.07, 6.45) is 0.0262. The minimum absolute atomic E-state index is 0.0262. The fourth-order valence-electron chi connectivity index (χ4n) is 3.35. The lowest BCUT2D eigenvalue weighted by Gasteiger charge is -2.12. The largest absolute Gasteiger partial charge is 0.491 e. The molecular formula is C26H24N2O4. The van der Waals surface area contributed by atoms with Crippen LogP contribution in [0.5, 0.6) is 5.75 Å². The van der Waals surface area contributed by atoms with E-state index in [0.29, 0.717) is 28.3 Å². The highest BCUT2D eigenvalue weighted by Crippen LogP contribution is 2.24. The number of amides is 2. The van der Waals surface area contributed by atoms with Gasteiger partial charge >= 0.3 is 0 Å². The van der Waals surface area contributed by atoms with E-state index in [1.165, 1.54) is 0 Å². The van der Waals surface area contributed by atoms with Crippen LogP contribution in [-0.2, 0) is 0 Å². The van der Waals surface area contributed by atoms with Crippen molar-refractivity contribution in [2.75, 3.05) is 10.6 Å². The average Bonchev–Trinajstić information content (AvgIpc) is 3.20. The minimum Gasteiger partial charge on any atom is -0.491 e. The molecule has 0 atom stereocenters. The van der Waals surface area contributed by atoms with Gasteiger partial charge in [0, 0.05) is 22.3 Å². The summed E-state index contributed by atoms with van der Waals surface area (Å²) in [5.41, 5.74) is 3.24. The summed E-state index contributed by atoms with van der Waals surface area (Å²) in [7, 11) is 0. The van der Waals surface area contributed by atoms with Crippen molar-refractivity contribution in [1.82, 2.24) is 0 Å². The van der Waals surface area contributed by atoms with Gasteiger partial charge in [-0.25, -0.2) is 0 Å². The Morgan fingerprint density at radius 2 is 1.69 bits per heavy atom. The summed E-state index contributed by atoms with van der Waals surface area (Å²) in [6, 6.07) is 21.5. The first kappa shape index (κ1) is 21.2. The fourth-order valence-corrected chi connectivity index (χ4v) is 3.35. The third-order valence-corrected chi connectivity index (χ3v) is 4.85. The van der Waals surface area contributed by atoms with Gasteiger partial charge in [0.05, 0.1) is 6.10 Å². The van der Waals surface area contributed by atoms with E-state index < -0.39 is 0 Å². The number of benzene rings is 3. The predicted octanol–water partition coefficient (Wildman–Crippen LogP) is 6.03. The smallest absolute Gasteiger partial charge is 0.291 e. The summed E-state index contributed by atoms with van der Waals surface area (Å²) in [6.45, 7) is 5.73. The highest BCUT2D eigenvalue weighted by Gasteiger charge is 2.14. The van der Waals surface area contributed by atoms with Crippen LogP contribution in [0.2, 0.25) is 0 Å². The maximum absolute atomic E-state index is 12.6.